The molecule has 1 heterocycles. The van der Waals surface area contributed by atoms with E-state index in [1.807, 2.05) is 42.5 Å². The minimum atomic E-state index is -3.99. The van der Waals surface area contributed by atoms with Gasteiger partial charge in [-0.2, -0.15) is 0 Å². The lowest BCUT2D eigenvalue weighted by Crippen LogP contribution is -2.30. The molecule has 0 unspecified atom stereocenters. The number of aryl methyl sites for hydroxylation is 1. The average molecular weight is 496 g/mol. The van der Waals surface area contributed by atoms with Gasteiger partial charge in [-0.25, -0.2) is 18.1 Å². The van der Waals surface area contributed by atoms with E-state index in [2.05, 4.69) is 9.71 Å². The van der Waals surface area contributed by atoms with Crippen LogP contribution in [0, 0.1) is 6.92 Å². The van der Waals surface area contributed by atoms with Crippen molar-refractivity contribution in [3.63, 3.8) is 0 Å². The highest BCUT2D eigenvalue weighted by Gasteiger charge is 2.21. The van der Waals surface area contributed by atoms with Gasteiger partial charge in [-0.05, 0) is 42.3 Å². The Morgan fingerprint density at radius 3 is 2.38 bits per heavy atom. The second-order valence-corrected chi connectivity index (χ2v) is 9.67. The number of imidazole rings is 1. The molecule has 1 amide bonds. The fraction of sp³-hybridized carbons (Fsp3) is 0.120. The molecule has 0 bridgehead atoms. The maximum Gasteiger partial charge on any atom is 0.285 e. The lowest BCUT2D eigenvalue weighted by molar-refractivity contribution is 0.0977. The summed E-state index contributed by atoms with van der Waals surface area (Å²) in [5, 5.41) is 0.510. The van der Waals surface area contributed by atoms with Gasteiger partial charge in [0.15, 0.2) is 0 Å². The Balaban J connectivity index is 1.44. The maximum atomic E-state index is 12.5. The van der Waals surface area contributed by atoms with Gasteiger partial charge in [-0.1, -0.05) is 66.2 Å². The Bertz CT molecular complexity index is 1400. The smallest absolute Gasteiger partial charge is 0.285 e. The van der Waals surface area contributed by atoms with Crippen molar-refractivity contribution in [3.05, 3.63) is 113 Å². The summed E-state index contributed by atoms with van der Waals surface area (Å²) >= 11 is 6.47. The maximum absolute atomic E-state index is 12.5. The van der Waals surface area contributed by atoms with E-state index in [1.54, 1.807) is 35.8 Å². The number of ether oxygens (including phenoxy) is 1. The summed E-state index contributed by atoms with van der Waals surface area (Å²) in [6, 6.07) is 22.9. The highest BCUT2D eigenvalue weighted by molar-refractivity contribution is 7.90. The molecule has 0 spiro atoms. The third-order valence-corrected chi connectivity index (χ3v) is 6.80. The molecule has 34 heavy (non-hydrogen) atoms. The number of aromatic nitrogens is 2. The number of halogens is 1. The number of rotatable bonds is 8. The minimum Gasteiger partial charge on any atom is -0.489 e. The minimum absolute atomic E-state index is 0.000796. The van der Waals surface area contributed by atoms with E-state index in [0.29, 0.717) is 29.7 Å². The van der Waals surface area contributed by atoms with Gasteiger partial charge in [0.05, 0.1) is 11.4 Å². The van der Waals surface area contributed by atoms with E-state index in [9.17, 15) is 13.2 Å². The zero-order chi connectivity index (χ0) is 24.1. The van der Waals surface area contributed by atoms with E-state index in [0.717, 1.165) is 11.1 Å². The fourth-order valence-electron chi connectivity index (χ4n) is 3.28. The van der Waals surface area contributed by atoms with Crippen LogP contribution in [0.25, 0.3) is 0 Å². The third kappa shape index (κ3) is 5.65. The summed E-state index contributed by atoms with van der Waals surface area (Å²) in [7, 11) is -3.99. The fourth-order valence-corrected chi connectivity index (χ4v) is 4.49. The number of hydrogen-bond donors (Lipinski definition) is 1. The van der Waals surface area contributed by atoms with Crippen molar-refractivity contribution in [3.8, 4) is 5.75 Å². The quantitative estimate of drug-likeness (QED) is 0.386. The number of hydrogen-bond acceptors (Lipinski definition) is 5. The summed E-state index contributed by atoms with van der Waals surface area (Å²) in [6.45, 7) is 2.52. The summed E-state index contributed by atoms with van der Waals surface area (Å²) in [6.07, 6.45) is 1.50. The molecule has 0 radical (unpaired) electrons. The Labute approximate surface area is 203 Å². The highest BCUT2D eigenvalue weighted by Crippen LogP contribution is 2.24. The normalized spacial score (nSPS) is 11.2. The van der Waals surface area contributed by atoms with Crippen LogP contribution >= 0.6 is 11.6 Å². The molecular weight excluding hydrogens is 474 g/mol. The molecule has 0 aliphatic carbocycles. The van der Waals surface area contributed by atoms with Crippen LogP contribution in [0.4, 0.5) is 0 Å². The Kier molecular flexibility index (Phi) is 7.00. The van der Waals surface area contributed by atoms with Gasteiger partial charge in [0.2, 0.25) is 0 Å². The molecule has 0 fully saturated rings. The first kappa shape index (κ1) is 23.5. The molecule has 0 aliphatic rings. The van der Waals surface area contributed by atoms with Gasteiger partial charge in [0, 0.05) is 11.2 Å². The summed E-state index contributed by atoms with van der Waals surface area (Å²) in [4.78, 5) is 16.8. The summed E-state index contributed by atoms with van der Waals surface area (Å²) in [5.74, 6) is 0.385. The molecule has 1 N–H and O–H groups in total. The first-order valence-corrected chi connectivity index (χ1v) is 12.3. The van der Waals surface area contributed by atoms with Crippen molar-refractivity contribution in [2.75, 3.05) is 0 Å². The summed E-state index contributed by atoms with van der Waals surface area (Å²) < 4.78 is 34.4. The predicted molar refractivity (Wildman–Crippen MR) is 129 cm³/mol. The van der Waals surface area contributed by atoms with Crippen LogP contribution in [0.3, 0.4) is 0 Å². The van der Waals surface area contributed by atoms with Crippen molar-refractivity contribution in [2.45, 2.75) is 25.0 Å². The van der Waals surface area contributed by atoms with E-state index in [-0.39, 0.29) is 10.6 Å². The number of amides is 1. The third-order valence-electron chi connectivity index (χ3n) is 5.10. The van der Waals surface area contributed by atoms with Crippen LogP contribution < -0.4 is 9.46 Å². The van der Waals surface area contributed by atoms with Crippen LogP contribution in [0.5, 0.6) is 5.75 Å². The SMILES string of the molecule is Cc1nc(C(=O)NS(=O)(=O)c2ccccc2)cn1Cc1ccc(OCc2ccccc2)cc1Cl. The average Bonchev–Trinajstić information content (AvgIpc) is 3.20. The second-order valence-electron chi connectivity index (χ2n) is 7.58. The van der Waals surface area contributed by atoms with Gasteiger partial charge in [0.1, 0.15) is 23.9 Å². The summed E-state index contributed by atoms with van der Waals surface area (Å²) in [5.41, 5.74) is 1.85. The van der Waals surface area contributed by atoms with Crippen molar-refractivity contribution in [1.29, 1.82) is 0 Å². The number of nitrogens with one attached hydrogen (secondary N) is 1. The van der Waals surface area contributed by atoms with Crippen LogP contribution in [-0.2, 0) is 23.2 Å². The zero-order valence-corrected chi connectivity index (χ0v) is 19.9. The van der Waals surface area contributed by atoms with Gasteiger partial charge in [-0.15, -0.1) is 0 Å². The zero-order valence-electron chi connectivity index (χ0n) is 18.3. The van der Waals surface area contributed by atoms with Gasteiger partial charge >= 0.3 is 0 Å². The molecule has 3 aromatic carbocycles. The van der Waals surface area contributed by atoms with E-state index in [4.69, 9.17) is 16.3 Å². The van der Waals surface area contributed by atoms with Crippen molar-refractivity contribution < 1.29 is 17.9 Å². The standard InChI is InChI=1S/C25H22ClN3O4S/c1-18-27-24(25(30)28-34(31,32)22-10-6-3-7-11-22)16-29(18)15-20-12-13-21(14-23(20)26)33-17-19-8-4-2-5-9-19/h2-14,16H,15,17H2,1H3,(H,28,30). The van der Waals surface area contributed by atoms with Gasteiger partial charge < -0.3 is 9.30 Å². The largest absolute Gasteiger partial charge is 0.489 e. The molecular formula is C25H22ClN3O4S. The van der Waals surface area contributed by atoms with Gasteiger partial charge in [-0.3, -0.25) is 4.79 Å². The number of nitrogens with zero attached hydrogens (tertiary/aromatic N) is 2. The lowest BCUT2D eigenvalue weighted by atomic mass is 10.2. The van der Waals surface area contributed by atoms with Crippen LogP contribution in [0.15, 0.2) is 90.0 Å². The number of carbonyl (C=O) groups excluding carboxylic acids is 1. The first-order valence-electron chi connectivity index (χ1n) is 10.4. The second kappa shape index (κ2) is 10.1. The Morgan fingerprint density at radius 1 is 1.03 bits per heavy atom. The Hall–Kier alpha value is -3.62. The molecule has 1 aromatic heterocycles. The molecule has 0 atom stereocenters. The van der Waals surface area contributed by atoms with Crippen molar-refractivity contribution in [1.82, 2.24) is 14.3 Å². The number of benzene rings is 3. The lowest BCUT2D eigenvalue weighted by Gasteiger charge is -2.11. The predicted octanol–water partition coefficient (Wildman–Crippen LogP) is 4.59. The molecule has 0 aliphatic heterocycles. The van der Waals surface area contributed by atoms with Crippen LogP contribution in [-0.4, -0.2) is 23.9 Å². The molecule has 174 valence electrons. The van der Waals surface area contributed by atoms with Crippen molar-refractivity contribution in [2.24, 2.45) is 0 Å². The van der Waals surface area contributed by atoms with E-state index >= 15 is 0 Å². The highest BCUT2D eigenvalue weighted by atomic mass is 35.5. The molecule has 4 aromatic rings. The first-order chi connectivity index (χ1) is 16.3. The molecule has 9 heteroatoms. The van der Waals surface area contributed by atoms with Crippen LogP contribution in [0.2, 0.25) is 5.02 Å². The van der Waals surface area contributed by atoms with E-state index in [1.165, 1.54) is 18.3 Å². The number of sulfonamides is 1. The molecule has 0 saturated carbocycles. The monoisotopic (exact) mass is 495 g/mol. The number of carbonyl (C=O) groups is 1. The van der Waals surface area contributed by atoms with Crippen LogP contribution in [0.1, 0.15) is 27.4 Å². The molecule has 7 nitrogen and oxygen atoms in total. The van der Waals surface area contributed by atoms with Crippen molar-refractivity contribution >= 4 is 27.5 Å². The topological polar surface area (TPSA) is 90.3 Å². The Morgan fingerprint density at radius 2 is 1.71 bits per heavy atom. The van der Waals surface area contributed by atoms with Gasteiger partial charge in [0.25, 0.3) is 15.9 Å². The van der Waals surface area contributed by atoms with E-state index < -0.39 is 15.9 Å². The molecule has 4 rings (SSSR count). The molecule has 0 saturated heterocycles.